The maximum absolute atomic E-state index is 16.0. The van der Waals surface area contributed by atoms with E-state index in [-0.39, 0.29) is 59.8 Å². The second-order valence-corrected chi connectivity index (χ2v) is 17.4. The summed E-state index contributed by atoms with van der Waals surface area (Å²) in [5.74, 6) is -5.43. The number of hydrogen-bond acceptors (Lipinski definition) is 1. The number of halogens is 4. The van der Waals surface area contributed by atoms with E-state index in [4.69, 9.17) is 0 Å². The van der Waals surface area contributed by atoms with Gasteiger partial charge in [-0.05, 0) is 98.3 Å². The summed E-state index contributed by atoms with van der Waals surface area (Å²) in [6.07, 6.45) is 26.0. The second-order valence-electron chi connectivity index (χ2n) is 17.4. The number of ketones is 1. The van der Waals surface area contributed by atoms with Gasteiger partial charge in [0.15, 0.2) is 5.78 Å². The second kappa shape index (κ2) is 22.5. The molecule has 0 bridgehead atoms. The van der Waals surface area contributed by atoms with Gasteiger partial charge >= 0.3 is 0 Å². The summed E-state index contributed by atoms with van der Waals surface area (Å²) in [6.45, 7) is 7.91. The third-order valence-corrected chi connectivity index (χ3v) is 13.1. The Hall–Kier alpha value is -2.17. The molecule has 1 nitrogen and oxygen atoms in total. The highest BCUT2D eigenvalue weighted by Gasteiger charge is 2.40. The number of rotatable bonds is 24. The van der Waals surface area contributed by atoms with E-state index in [9.17, 15) is 4.79 Å². The Bertz CT molecular complexity index is 1280. The van der Waals surface area contributed by atoms with Crippen LogP contribution in [-0.4, -0.2) is 5.78 Å². The number of unbranched alkanes of at least 4 members (excludes halogenated alkanes) is 10. The molecule has 54 heavy (non-hydrogen) atoms. The van der Waals surface area contributed by atoms with Gasteiger partial charge in [-0.2, -0.15) is 0 Å². The molecule has 0 aliphatic heterocycles. The zero-order chi connectivity index (χ0) is 39.0. The molecule has 2 aliphatic rings. The number of benzene rings is 2. The molecule has 0 N–H and O–H groups in total. The standard InChI is InChI=1S/C49H74F4O/c1-5-9-11-13-15-17-19-37-21-25-39(26-22-37)41-29-31-43(45(35-41)48(50,51)33-7-3)47(54)44-32-30-42(36-46(44)49(52,53)34-8-4)40-27-23-38(24-28-40)20-18-16-14-12-10-6-2/h29-32,35-40H,5-28,33-34H2,1-4H3. The fraction of sp³-hybridized carbons (Fsp3) is 0.735. The minimum absolute atomic E-state index is 0.134. The molecular weight excluding hydrogens is 681 g/mol. The van der Waals surface area contributed by atoms with Crippen LogP contribution in [0.4, 0.5) is 17.6 Å². The Morgan fingerprint density at radius 1 is 0.500 bits per heavy atom. The summed E-state index contributed by atoms with van der Waals surface area (Å²) >= 11 is 0. The molecule has 2 aromatic carbocycles. The first kappa shape index (κ1) is 44.5. The molecule has 0 aromatic heterocycles. The molecule has 2 saturated carbocycles. The molecule has 2 aliphatic carbocycles. The molecule has 0 radical (unpaired) electrons. The molecule has 304 valence electrons. The summed E-state index contributed by atoms with van der Waals surface area (Å²) in [6, 6.07) is 9.84. The molecule has 0 amide bonds. The molecule has 0 unspecified atom stereocenters. The molecule has 0 spiro atoms. The number of carbonyl (C=O) groups is 1. The molecule has 2 aromatic rings. The van der Waals surface area contributed by atoms with Crippen LogP contribution in [0.3, 0.4) is 0 Å². The van der Waals surface area contributed by atoms with Gasteiger partial charge in [-0.15, -0.1) is 0 Å². The third kappa shape index (κ3) is 12.9. The van der Waals surface area contributed by atoms with Crippen LogP contribution in [0.25, 0.3) is 0 Å². The number of alkyl halides is 4. The van der Waals surface area contributed by atoms with Crippen molar-refractivity contribution in [2.24, 2.45) is 11.8 Å². The first-order valence-corrected chi connectivity index (χ1v) is 22.6. The lowest BCUT2D eigenvalue weighted by Crippen LogP contribution is -2.23. The lowest BCUT2D eigenvalue weighted by atomic mass is 9.75. The highest BCUT2D eigenvalue weighted by molar-refractivity contribution is 6.11. The predicted octanol–water partition coefficient (Wildman–Crippen LogP) is 16.8. The Kier molecular flexibility index (Phi) is 18.6. The van der Waals surface area contributed by atoms with E-state index in [0.717, 1.165) is 62.5 Å². The highest BCUT2D eigenvalue weighted by atomic mass is 19.3. The van der Waals surface area contributed by atoms with E-state index in [2.05, 4.69) is 13.8 Å². The Morgan fingerprint density at radius 3 is 1.20 bits per heavy atom. The van der Waals surface area contributed by atoms with E-state index in [1.54, 1.807) is 26.0 Å². The van der Waals surface area contributed by atoms with Gasteiger partial charge in [-0.3, -0.25) is 4.79 Å². The summed E-state index contributed by atoms with van der Waals surface area (Å²) in [5.41, 5.74) is 0.858. The lowest BCUT2D eigenvalue weighted by molar-refractivity contribution is -0.0152. The van der Waals surface area contributed by atoms with Crippen LogP contribution in [0.15, 0.2) is 36.4 Å². The van der Waals surface area contributed by atoms with E-state index >= 15 is 17.6 Å². The predicted molar refractivity (Wildman–Crippen MR) is 219 cm³/mol. The third-order valence-electron chi connectivity index (χ3n) is 13.1. The molecule has 0 atom stereocenters. The van der Waals surface area contributed by atoms with Gasteiger partial charge in [0.2, 0.25) is 0 Å². The van der Waals surface area contributed by atoms with Crippen LogP contribution in [-0.2, 0) is 11.8 Å². The van der Waals surface area contributed by atoms with Gasteiger partial charge in [-0.1, -0.05) is 155 Å². The fourth-order valence-electron chi connectivity index (χ4n) is 9.67. The Labute approximate surface area is 327 Å². The van der Waals surface area contributed by atoms with Gasteiger partial charge in [0, 0.05) is 35.1 Å². The summed E-state index contributed by atoms with van der Waals surface area (Å²) in [5, 5.41) is 0. The van der Waals surface area contributed by atoms with Crippen LogP contribution < -0.4 is 0 Å². The lowest BCUT2D eigenvalue weighted by Gasteiger charge is -2.30. The van der Waals surface area contributed by atoms with E-state index < -0.39 is 17.6 Å². The van der Waals surface area contributed by atoms with Crippen molar-refractivity contribution in [3.63, 3.8) is 0 Å². The van der Waals surface area contributed by atoms with Crippen molar-refractivity contribution in [1.29, 1.82) is 0 Å². The van der Waals surface area contributed by atoms with Gasteiger partial charge in [0.25, 0.3) is 11.8 Å². The van der Waals surface area contributed by atoms with Gasteiger partial charge in [0.1, 0.15) is 0 Å². The molecule has 5 heteroatoms. The average Bonchev–Trinajstić information content (AvgIpc) is 3.17. The number of hydrogen-bond donors (Lipinski definition) is 0. The Balaban J connectivity index is 1.51. The zero-order valence-corrected chi connectivity index (χ0v) is 34.6. The van der Waals surface area contributed by atoms with Crippen LogP contribution in [0.2, 0.25) is 0 Å². The average molecular weight is 755 g/mol. The molecule has 2 fully saturated rings. The maximum Gasteiger partial charge on any atom is 0.273 e. The van der Waals surface area contributed by atoms with Gasteiger partial charge in [0.05, 0.1) is 0 Å². The minimum atomic E-state index is -3.23. The van der Waals surface area contributed by atoms with Crippen molar-refractivity contribution in [2.45, 2.75) is 218 Å². The van der Waals surface area contributed by atoms with Crippen LogP contribution >= 0.6 is 0 Å². The number of carbonyl (C=O) groups excluding carboxylic acids is 1. The maximum atomic E-state index is 16.0. The zero-order valence-electron chi connectivity index (χ0n) is 34.6. The first-order valence-electron chi connectivity index (χ1n) is 22.6. The highest BCUT2D eigenvalue weighted by Crippen LogP contribution is 2.45. The van der Waals surface area contributed by atoms with Crippen molar-refractivity contribution < 1.29 is 22.4 Å². The SMILES string of the molecule is CCCCCCCCC1CCC(c2ccc(C(=O)c3ccc(C4CCC(CCCCCCCC)CC4)cc3C(F)(F)CCC)c(C(F)(F)CCC)c2)CC1. The smallest absolute Gasteiger partial charge is 0.273 e. The van der Waals surface area contributed by atoms with Crippen molar-refractivity contribution in [3.05, 3.63) is 69.8 Å². The van der Waals surface area contributed by atoms with E-state index in [1.165, 1.54) is 102 Å². The molecule has 0 saturated heterocycles. The summed E-state index contributed by atoms with van der Waals surface area (Å²) in [4.78, 5) is 14.4. The molecule has 4 rings (SSSR count). The van der Waals surface area contributed by atoms with Crippen molar-refractivity contribution in [2.75, 3.05) is 0 Å². The minimum Gasteiger partial charge on any atom is -0.289 e. The summed E-state index contributed by atoms with van der Waals surface area (Å²) < 4.78 is 64.0. The van der Waals surface area contributed by atoms with Crippen molar-refractivity contribution >= 4 is 5.78 Å². The van der Waals surface area contributed by atoms with Crippen LogP contribution in [0.1, 0.15) is 245 Å². The van der Waals surface area contributed by atoms with Crippen molar-refractivity contribution in [3.8, 4) is 0 Å². The summed E-state index contributed by atoms with van der Waals surface area (Å²) in [7, 11) is 0. The van der Waals surface area contributed by atoms with E-state index in [0.29, 0.717) is 11.8 Å². The normalized spacial score (nSPS) is 21.0. The topological polar surface area (TPSA) is 17.1 Å². The molecule has 0 heterocycles. The van der Waals surface area contributed by atoms with Crippen LogP contribution in [0.5, 0.6) is 0 Å². The Morgan fingerprint density at radius 2 is 0.852 bits per heavy atom. The monoisotopic (exact) mass is 755 g/mol. The van der Waals surface area contributed by atoms with Gasteiger partial charge in [-0.25, -0.2) is 17.6 Å². The van der Waals surface area contributed by atoms with Crippen molar-refractivity contribution in [1.82, 2.24) is 0 Å². The largest absolute Gasteiger partial charge is 0.289 e. The van der Waals surface area contributed by atoms with Gasteiger partial charge < -0.3 is 0 Å². The quantitative estimate of drug-likeness (QED) is 0.0592. The first-order chi connectivity index (χ1) is 26.0. The van der Waals surface area contributed by atoms with Crippen LogP contribution in [0, 0.1) is 11.8 Å². The fourth-order valence-corrected chi connectivity index (χ4v) is 9.67. The van der Waals surface area contributed by atoms with E-state index in [1.807, 2.05) is 12.1 Å². The molecular formula is C49H74F4O.